The molecule has 1 amide bonds. The molecule has 0 bridgehead atoms. The zero-order valence-electron chi connectivity index (χ0n) is 15.8. The summed E-state index contributed by atoms with van der Waals surface area (Å²) in [6.07, 6.45) is -0.578. The van der Waals surface area contributed by atoms with Crippen LogP contribution in [0.5, 0.6) is 5.75 Å². The topological polar surface area (TPSA) is 32.8 Å². The molecule has 1 heterocycles. The minimum atomic E-state index is -0.578. The largest absolute Gasteiger partial charge is 0.480 e. The van der Waals surface area contributed by atoms with Gasteiger partial charge in [0.1, 0.15) is 11.6 Å². The minimum Gasteiger partial charge on any atom is -0.480 e. The number of hydrogen-bond acceptors (Lipinski definition) is 3. The van der Waals surface area contributed by atoms with Crippen LogP contribution in [0.25, 0.3) is 10.8 Å². The van der Waals surface area contributed by atoms with Crippen molar-refractivity contribution < 1.29 is 13.9 Å². The summed E-state index contributed by atoms with van der Waals surface area (Å²) in [6, 6.07) is 20.6. The summed E-state index contributed by atoms with van der Waals surface area (Å²) in [4.78, 5) is 16.6. The fourth-order valence-electron chi connectivity index (χ4n) is 3.67. The molecule has 3 aromatic carbocycles. The first-order valence-electron chi connectivity index (χ1n) is 9.56. The van der Waals surface area contributed by atoms with Crippen LogP contribution in [-0.2, 0) is 4.79 Å². The zero-order valence-corrected chi connectivity index (χ0v) is 15.8. The van der Waals surface area contributed by atoms with Crippen LogP contribution in [0.4, 0.5) is 10.1 Å². The first kappa shape index (κ1) is 18.3. The highest BCUT2D eigenvalue weighted by Crippen LogP contribution is 2.26. The standard InChI is InChI=1S/C23H23FN2O2/c1-17(28-22-12-6-8-18-7-2-3-9-19(18)22)23(27)26-15-13-25(14-16-26)21-11-5-4-10-20(21)24/h2-12,17H,13-16H2,1H3/t17-/m0/s1. The van der Waals surface area contributed by atoms with Crippen molar-refractivity contribution in [1.29, 1.82) is 0 Å². The van der Waals surface area contributed by atoms with E-state index in [1.54, 1.807) is 24.0 Å². The number of para-hydroxylation sites is 1. The second-order valence-corrected chi connectivity index (χ2v) is 7.00. The molecule has 0 radical (unpaired) electrons. The lowest BCUT2D eigenvalue weighted by Gasteiger charge is -2.37. The van der Waals surface area contributed by atoms with Crippen molar-refractivity contribution in [2.75, 3.05) is 31.1 Å². The number of piperazine rings is 1. The van der Waals surface area contributed by atoms with Gasteiger partial charge in [0.25, 0.3) is 5.91 Å². The van der Waals surface area contributed by atoms with Crippen molar-refractivity contribution in [1.82, 2.24) is 4.90 Å². The van der Waals surface area contributed by atoms with E-state index in [2.05, 4.69) is 0 Å². The number of benzene rings is 3. The quantitative estimate of drug-likeness (QED) is 0.685. The van der Waals surface area contributed by atoms with E-state index in [9.17, 15) is 9.18 Å². The number of nitrogens with zero attached hydrogens (tertiary/aromatic N) is 2. The molecular formula is C23H23FN2O2. The number of amides is 1. The Balaban J connectivity index is 1.40. The SMILES string of the molecule is C[C@H](Oc1cccc2ccccc12)C(=O)N1CCN(c2ccccc2F)CC1. The van der Waals surface area contributed by atoms with Crippen LogP contribution in [-0.4, -0.2) is 43.1 Å². The predicted octanol–water partition coefficient (Wildman–Crippen LogP) is 4.10. The van der Waals surface area contributed by atoms with Gasteiger partial charge >= 0.3 is 0 Å². The lowest BCUT2D eigenvalue weighted by atomic mass is 10.1. The van der Waals surface area contributed by atoms with Gasteiger partial charge in [0.2, 0.25) is 0 Å². The maximum absolute atomic E-state index is 14.0. The molecule has 5 heteroatoms. The number of carbonyl (C=O) groups is 1. The summed E-state index contributed by atoms with van der Waals surface area (Å²) in [6.45, 7) is 4.10. The van der Waals surface area contributed by atoms with Crippen LogP contribution in [0.3, 0.4) is 0 Å². The van der Waals surface area contributed by atoms with Gasteiger partial charge in [-0.15, -0.1) is 0 Å². The average Bonchev–Trinajstić information content (AvgIpc) is 2.74. The highest BCUT2D eigenvalue weighted by molar-refractivity contribution is 5.89. The second-order valence-electron chi connectivity index (χ2n) is 7.00. The third-order valence-electron chi connectivity index (χ3n) is 5.19. The smallest absolute Gasteiger partial charge is 0.263 e. The highest BCUT2D eigenvalue weighted by Gasteiger charge is 2.27. The van der Waals surface area contributed by atoms with Gasteiger partial charge in [-0.25, -0.2) is 4.39 Å². The van der Waals surface area contributed by atoms with Gasteiger partial charge in [-0.3, -0.25) is 4.79 Å². The molecule has 1 saturated heterocycles. The molecule has 0 aromatic heterocycles. The van der Waals surface area contributed by atoms with Crippen LogP contribution < -0.4 is 9.64 Å². The van der Waals surface area contributed by atoms with Crippen LogP contribution in [0.15, 0.2) is 66.7 Å². The van der Waals surface area contributed by atoms with E-state index in [1.165, 1.54) is 6.07 Å². The van der Waals surface area contributed by atoms with Crippen LogP contribution in [0.2, 0.25) is 0 Å². The van der Waals surface area contributed by atoms with Gasteiger partial charge in [0.15, 0.2) is 6.10 Å². The number of hydrogen-bond donors (Lipinski definition) is 0. The Bertz CT molecular complexity index is 978. The number of rotatable bonds is 4. The Hall–Kier alpha value is -3.08. The predicted molar refractivity (Wildman–Crippen MR) is 109 cm³/mol. The molecular weight excluding hydrogens is 355 g/mol. The molecule has 144 valence electrons. The van der Waals surface area contributed by atoms with Gasteiger partial charge < -0.3 is 14.5 Å². The third kappa shape index (κ3) is 3.65. The van der Waals surface area contributed by atoms with Crippen molar-refractivity contribution in [3.63, 3.8) is 0 Å². The van der Waals surface area contributed by atoms with Gasteiger partial charge in [-0.1, -0.05) is 48.5 Å². The second kappa shape index (κ2) is 7.89. The molecule has 0 spiro atoms. The Labute approximate surface area is 164 Å². The molecule has 0 N–H and O–H groups in total. The van der Waals surface area contributed by atoms with Crippen LogP contribution in [0, 0.1) is 5.82 Å². The zero-order chi connectivity index (χ0) is 19.5. The lowest BCUT2D eigenvalue weighted by molar-refractivity contribution is -0.138. The van der Waals surface area contributed by atoms with Crippen molar-refractivity contribution >= 4 is 22.4 Å². The van der Waals surface area contributed by atoms with Crippen molar-refractivity contribution in [2.24, 2.45) is 0 Å². The summed E-state index contributed by atoms with van der Waals surface area (Å²) < 4.78 is 20.0. The van der Waals surface area contributed by atoms with Crippen molar-refractivity contribution in [2.45, 2.75) is 13.0 Å². The van der Waals surface area contributed by atoms with Crippen molar-refractivity contribution in [3.05, 3.63) is 72.5 Å². The molecule has 0 unspecified atom stereocenters. The molecule has 4 rings (SSSR count). The summed E-state index contributed by atoms with van der Waals surface area (Å²) in [5, 5.41) is 2.08. The molecule has 0 saturated carbocycles. The van der Waals surface area contributed by atoms with E-state index in [0.717, 1.165) is 10.8 Å². The molecule has 1 aliphatic rings. The molecule has 1 fully saturated rings. The summed E-state index contributed by atoms with van der Waals surface area (Å²) >= 11 is 0. The average molecular weight is 378 g/mol. The van der Waals surface area contributed by atoms with E-state index in [-0.39, 0.29) is 11.7 Å². The molecule has 3 aromatic rings. The summed E-state index contributed by atoms with van der Waals surface area (Å²) in [7, 11) is 0. The maximum Gasteiger partial charge on any atom is 0.263 e. The van der Waals surface area contributed by atoms with E-state index in [4.69, 9.17) is 4.74 Å². The van der Waals surface area contributed by atoms with Crippen LogP contribution >= 0.6 is 0 Å². The fourth-order valence-corrected chi connectivity index (χ4v) is 3.67. The highest BCUT2D eigenvalue weighted by atomic mass is 19.1. The van der Waals surface area contributed by atoms with E-state index in [0.29, 0.717) is 37.6 Å². The van der Waals surface area contributed by atoms with Crippen LogP contribution in [0.1, 0.15) is 6.92 Å². The Kier molecular flexibility index (Phi) is 5.15. The Morgan fingerprint density at radius 1 is 0.929 bits per heavy atom. The van der Waals surface area contributed by atoms with E-state index in [1.807, 2.05) is 53.4 Å². The van der Waals surface area contributed by atoms with Gasteiger partial charge in [-0.2, -0.15) is 0 Å². The first-order valence-corrected chi connectivity index (χ1v) is 9.56. The van der Waals surface area contributed by atoms with Gasteiger partial charge in [-0.05, 0) is 30.5 Å². The molecule has 1 aliphatic heterocycles. The number of halogens is 1. The van der Waals surface area contributed by atoms with Gasteiger partial charge in [0, 0.05) is 31.6 Å². The number of carbonyl (C=O) groups excluding carboxylic acids is 1. The third-order valence-corrected chi connectivity index (χ3v) is 5.19. The number of anilines is 1. The Morgan fingerprint density at radius 3 is 2.39 bits per heavy atom. The summed E-state index contributed by atoms with van der Waals surface area (Å²) in [5.74, 6) is 0.444. The Morgan fingerprint density at radius 2 is 1.61 bits per heavy atom. The molecule has 4 nitrogen and oxygen atoms in total. The number of ether oxygens (including phenoxy) is 1. The monoisotopic (exact) mass is 378 g/mol. The van der Waals surface area contributed by atoms with Gasteiger partial charge in [0.05, 0.1) is 5.69 Å². The minimum absolute atomic E-state index is 0.0406. The van der Waals surface area contributed by atoms with E-state index >= 15 is 0 Å². The van der Waals surface area contributed by atoms with Crippen molar-refractivity contribution in [3.8, 4) is 5.75 Å². The fraction of sp³-hybridized carbons (Fsp3) is 0.261. The molecule has 1 atom stereocenters. The number of fused-ring (bicyclic) bond motifs is 1. The maximum atomic E-state index is 14.0. The summed E-state index contributed by atoms with van der Waals surface area (Å²) in [5.41, 5.74) is 0.592. The molecule has 28 heavy (non-hydrogen) atoms. The normalized spacial score (nSPS) is 15.5. The van der Waals surface area contributed by atoms with E-state index < -0.39 is 6.10 Å². The first-order chi connectivity index (χ1) is 13.6. The molecule has 0 aliphatic carbocycles. The lowest BCUT2D eigenvalue weighted by Crippen LogP contribution is -2.52.